The molecule has 140 valence electrons. The molecular formula is C18H26O7. The van der Waals surface area contributed by atoms with Crippen LogP contribution in [0.2, 0.25) is 0 Å². The van der Waals surface area contributed by atoms with Crippen molar-refractivity contribution in [1.82, 2.24) is 0 Å². The third kappa shape index (κ3) is 3.73. The summed E-state index contributed by atoms with van der Waals surface area (Å²) >= 11 is 0. The molecule has 0 N–H and O–H groups in total. The van der Waals surface area contributed by atoms with E-state index in [1.165, 1.54) is 20.6 Å². The average Bonchev–Trinajstić information content (AvgIpc) is 2.98. The Labute approximate surface area is 147 Å². The molecule has 1 heterocycles. The lowest BCUT2D eigenvalue weighted by Crippen LogP contribution is -2.44. The van der Waals surface area contributed by atoms with Crippen molar-refractivity contribution in [2.75, 3.05) is 14.2 Å². The molecule has 1 aliphatic heterocycles. The maximum absolute atomic E-state index is 12.0. The van der Waals surface area contributed by atoms with E-state index >= 15 is 0 Å². The van der Waals surface area contributed by atoms with Gasteiger partial charge >= 0.3 is 11.9 Å². The number of hydrogen-bond donors (Lipinski definition) is 0. The number of esters is 2. The lowest BCUT2D eigenvalue weighted by molar-refractivity contribution is -0.203. The summed E-state index contributed by atoms with van der Waals surface area (Å²) in [6.07, 6.45) is 5.09. The minimum atomic E-state index is -0.751. The molecule has 1 spiro atoms. The van der Waals surface area contributed by atoms with Crippen molar-refractivity contribution in [2.24, 2.45) is 0 Å². The van der Waals surface area contributed by atoms with Gasteiger partial charge in [0.05, 0.1) is 20.3 Å². The van der Waals surface area contributed by atoms with Gasteiger partial charge < -0.3 is 23.7 Å². The standard InChI is InChI=1S/C18H26O7/c1-11(16(19)21-2)23-13-9-12(17(20)22-3)10-14-15(13)25-18(24-14)7-5-4-6-8-18/h10-11,13-15H,4-9H2,1-3H3/t11-,13+,14+,15-/m0/s1. The van der Waals surface area contributed by atoms with E-state index in [4.69, 9.17) is 23.7 Å². The topological polar surface area (TPSA) is 80.3 Å². The molecule has 0 aromatic rings. The highest BCUT2D eigenvalue weighted by Crippen LogP contribution is 2.44. The van der Waals surface area contributed by atoms with Gasteiger partial charge in [0.2, 0.25) is 0 Å². The Balaban J connectivity index is 1.81. The van der Waals surface area contributed by atoms with E-state index in [-0.39, 0.29) is 12.2 Å². The van der Waals surface area contributed by atoms with Gasteiger partial charge in [-0.1, -0.05) is 6.42 Å². The van der Waals surface area contributed by atoms with E-state index in [1.807, 2.05) is 0 Å². The summed E-state index contributed by atoms with van der Waals surface area (Å²) in [5.74, 6) is -1.48. The normalized spacial score (nSPS) is 31.8. The lowest BCUT2D eigenvalue weighted by atomic mass is 9.92. The van der Waals surface area contributed by atoms with Gasteiger partial charge in [-0.25, -0.2) is 9.59 Å². The number of methoxy groups -OCH3 is 2. The van der Waals surface area contributed by atoms with Crippen LogP contribution in [0.3, 0.4) is 0 Å². The van der Waals surface area contributed by atoms with Gasteiger partial charge in [0.25, 0.3) is 0 Å². The minimum absolute atomic E-state index is 0.314. The predicted octanol–water partition coefficient (Wildman–Crippen LogP) is 1.88. The lowest BCUT2D eigenvalue weighted by Gasteiger charge is -2.33. The second kappa shape index (κ2) is 7.43. The van der Waals surface area contributed by atoms with E-state index in [0.717, 1.165) is 25.7 Å². The van der Waals surface area contributed by atoms with Crippen LogP contribution in [0.5, 0.6) is 0 Å². The summed E-state index contributed by atoms with van der Waals surface area (Å²) in [5, 5.41) is 0. The highest BCUT2D eigenvalue weighted by molar-refractivity contribution is 5.88. The molecule has 0 unspecified atom stereocenters. The predicted molar refractivity (Wildman–Crippen MR) is 86.6 cm³/mol. The van der Waals surface area contributed by atoms with Crippen molar-refractivity contribution >= 4 is 11.9 Å². The van der Waals surface area contributed by atoms with Crippen LogP contribution in [0.4, 0.5) is 0 Å². The number of carbonyl (C=O) groups excluding carboxylic acids is 2. The van der Waals surface area contributed by atoms with Gasteiger partial charge in [-0.15, -0.1) is 0 Å². The first-order valence-corrected chi connectivity index (χ1v) is 8.86. The van der Waals surface area contributed by atoms with Crippen LogP contribution in [-0.4, -0.2) is 56.4 Å². The van der Waals surface area contributed by atoms with Crippen molar-refractivity contribution in [1.29, 1.82) is 0 Å². The Hall–Kier alpha value is -1.44. The quantitative estimate of drug-likeness (QED) is 0.713. The molecule has 0 aromatic heterocycles. The molecule has 1 saturated heterocycles. The summed E-state index contributed by atoms with van der Waals surface area (Å²) in [6, 6.07) is 0. The monoisotopic (exact) mass is 354 g/mol. The molecular weight excluding hydrogens is 328 g/mol. The second-order valence-corrected chi connectivity index (χ2v) is 6.86. The summed E-state index contributed by atoms with van der Waals surface area (Å²) in [5.41, 5.74) is 0.488. The molecule has 7 heteroatoms. The van der Waals surface area contributed by atoms with Gasteiger partial charge in [0, 0.05) is 24.8 Å². The Kier molecular flexibility index (Phi) is 5.46. The van der Waals surface area contributed by atoms with E-state index in [1.54, 1.807) is 13.0 Å². The first-order chi connectivity index (χ1) is 12.0. The summed E-state index contributed by atoms with van der Waals surface area (Å²) < 4.78 is 28.0. The smallest absolute Gasteiger partial charge is 0.334 e. The Bertz CT molecular complexity index is 550. The van der Waals surface area contributed by atoms with Crippen LogP contribution in [-0.2, 0) is 33.3 Å². The molecule has 0 radical (unpaired) electrons. The van der Waals surface area contributed by atoms with Crippen LogP contribution in [0.1, 0.15) is 45.4 Å². The summed E-state index contributed by atoms with van der Waals surface area (Å²) in [4.78, 5) is 23.7. The first kappa shape index (κ1) is 18.4. The van der Waals surface area contributed by atoms with E-state index in [9.17, 15) is 9.59 Å². The van der Waals surface area contributed by atoms with Gasteiger partial charge in [-0.05, 0) is 25.8 Å². The van der Waals surface area contributed by atoms with E-state index < -0.39 is 29.9 Å². The molecule has 25 heavy (non-hydrogen) atoms. The zero-order valence-corrected chi connectivity index (χ0v) is 15.0. The van der Waals surface area contributed by atoms with Crippen LogP contribution < -0.4 is 0 Å². The Morgan fingerprint density at radius 3 is 2.52 bits per heavy atom. The van der Waals surface area contributed by atoms with E-state index in [0.29, 0.717) is 12.0 Å². The van der Waals surface area contributed by atoms with Gasteiger partial charge in [-0.2, -0.15) is 0 Å². The zero-order valence-electron chi connectivity index (χ0n) is 15.0. The highest BCUT2D eigenvalue weighted by Gasteiger charge is 2.52. The molecule has 3 rings (SSSR count). The zero-order chi connectivity index (χ0) is 18.0. The van der Waals surface area contributed by atoms with Crippen LogP contribution in [0.15, 0.2) is 11.6 Å². The van der Waals surface area contributed by atoms with Crippen LogP contribution in [0.25, 0.3) is 0 Å². The highest BCUT2D eigenvalue weighted by atomic mass is 16.8. The molecule has 0 aromatic carbocycles. The van der Waals surface area contributed by atoms with Crippen molar-refractivity contribution in [3.8, 4) is 0 Å². The number of rotatable bonds is 4. The largest absolute Gasteiger partial charge is 0.467 e. The van der Waals surface area contributed by atoms with Gasteiger partial charge in [0.15, 0.2) is 11.9 Å². The first-order valence-electron chi connectivity index (χ1n) is 8.86. The summed E-state index contributed by atoms with van der Waals surface area (Å²) in [7, 11) is 2.66. The number of carbonyl (C=O) groups is 2. The molecule has 2 fully saturated rings. The maximum atomic E-state index is 12.0. The van der Waals surface area contributed by atoms with Crippen molar-refractivity contribution < 1.29 is 33.3 Å². The molecule has 4 atom stereocenters. The number of hydrogen-bond acceptors (Lipinski definition) is 7. The Morgan fingerprint density at radius 1 is 1.16 bits per heavy atom. The third-order valence-corrected chi connectivity index (χ3v) is 5.15. The molecule has 2 aliphatic carbocycles. The van der Waals surface area contributed by atoms with Crippen LogP contribution >= 0.6 is 0 Å². The van der Waals surface area contributed by atoms with Crippen molar-refractivity contribution in [2.45, 2.75) is 75.7 Å². The minimum Gasteiger partial charge on any atom is -0.467 e. The van der Waals surface area contributed by atoms with Crippen molar-refractivity contribution in [3.05, 3.63) is 11.6 Å². The van der Waals surface area contributed by atoms with Crippen LogP contribution in [0, 0.1) is 0 Å². The molecule has 7 nitrogen and oxygen atoms in total. The fourth-order valence-corrected chi connectivity index (χ4v) is 3.89. The molecule has 0 amide bonds. The van der Waals surface area contributed by atoms with Gasteiger partial charge in [0.1, 0.15) is 12.2 Å². The number of ether oxygens (including phenoxy) is 5. The molecule has 3 aliphatic rings. The average molecular weight is 354 g/mol. The fourth-order valence-electron chi connectivity index (χ4n) is 3.89. The molecule has 0 bridgehead atoms. The Morgan fingerprint density at radius 2 is 1.88 bits per heavy atom. The third-order valence-electron chi connectivity index (χ3n) is 5.15. The second-order valence-electron chi connectivity index (χ2n) is 6.86. The van der Waals surface area contributed by atoms with Crippen molar-refractivity contribution in [3.63, 3.8) is 0 Å². The van der Waals surface area contributed by atoms with E-state index in [2.05, 4.69) is 0 Å². The molecule has 1 saturated carbocycles. The SMILES string of the molecule is COC(=O)C1=C[C@H]2OC3(CCCCC3)O[C@H]2[C@H](O[C@@H](C)C(=O)OC)C1. The fraction of sp³-hybridized carbons (Fsp3) is 0.778. The number of fused-ring (bicyclic) bond motifs is 1. The van der Waals surface area contributed by atoms with Gasteiger partial charge in [-0.3, -0.25) is 0 Å². The summed E-state index contributed by atoms with van der Waals surface area (Å²) in [6.45, 7) is 1.63. The maximum Gasteiger partial charge on any atom is 0.334 e.